The summed E-state index contributed by atoms with van der Waals surface area (Å²) in [6.07, 6.45) is 0.849. The Morgan fingerprint density at radius 1 is 1.07 bits per heavy atom. The van der Waals surface area contributed by atoms with Gasteiger partial charge in [-0.05, 0) is 23.1 Å². The van der Waals surface area contributed by atoms with Gasteiger partial charge in [0, 0.05) is 23.4 Å². The fourth-order valence-corrected chi connectivity index (χ4v) is 4.20. The van der Waals surface area contributed by atoms with Gasteiger partial charge in [-0.3, -0.25) is 4.79 Å². The molecule has 4 rings (SSSR count). The first-order valence-electron chi connectivity index (χ1n) is 8.73. The van der Waals surface area contributed by atoms with Crippen LogP contribution in [0.5, 0.6) is 0 Å². The smallest absolute Gasteiger partial charge is 0.205 e. The van der Waals surface area contributed by atoms with Crippen molar-refractivity contribution in [2.75, 3.05) is 0 Å². The topological polar surface area (TPSA) is 76.1 Å². The van der Waals surface area contributed by atoms with Gasteiger partial charge in [0.1, 0.15) is 17.4 Å². The highest BCUT2D eigenvalue weighted by Gasteiger charge is 2.41. The maximum atomic E-state index is 13.1. The van der Waals surface area contributed by atoms with E-state index >= 15 is 0 Å². The van der Waals surface area contributed by atoms with Crippen LogP contribution in [0, 0.1) is 11.3 Å². The van der Waals surface area contributed by atoms with Crippen molar-refractivity contribution in [2.45, 2.75) is 24.7 Å². The number of halogens is 1. The number of rotatable bonds is 2. The lowest BCUT2D eigenvalue weighted by atomic mass is 9.73. The Hall–Kier alpha value is -3.03. The number of carbonyl (C=O) groups excluding carboxylic acids is 1. The first-order chi connectivity index (χ1) is 13.1. The second kappa shape index (κ2) is 6.94. The number of ketones is 1. The molecule has 27 heavy (non-hydrogen) atoms. The summed E-state index contributed by atoms with van der Waals surface area (Å²) in [7, 11) is 0. The predicted octanol–water partition coefficient (Wildman–Crippen LogP) is 4.55. The third kappa shape index (κ3) is 3.01. The summed E-state index contributed by atoms with van der Waals surface area (Å²) in [6.45, 7) is 0. The molecule has 0 unspecified atom stereocenters. The van der Waals surface area contributed by atoms with E-state index in [1.54, 1.807) is 0 Å². The molecule has 2 aliphatic rings. The van der Waals surface area contributed by atoms with Crippen molar-refractivity contribution in [3.05, 3.63) is 93.5 Å². The van der Waals surface area contributed by atoms with E-state index in [0.29, 0.717) is 29.2 Å². The van der Waals surface area contributed by atoms with E-state index in [0.717, 1.165) is 11.1 Å². The summed E-state index contributed by atoms with van der Waals surface area (Å²) >= 11 is 6.33. The van der Waals surface area contributed by atoms with Crippen molar-refractivity contribution >= 4 is 17.4 Å². The van der Waals surface area contributed by atoms with Crippen LogP contribution in [0.15, 0.2) is 77.4 Å². The summed E-state index contributed by atoms with van der Waals surface area (Å²) in [5.74, 6) is 0.0203. The van der Waals surface area contributed by atoms with Crippen LogP contribution in [0.3, 0.4) is 0 Å². The second-order valence-corrected chi connectivity index (χ2v) is 7.13. The molecule has 134 valence electrons. The number of nitriles is 1. The molecule has 2 atom stereocenters. The van der Waals surface area contributed by atoms with Gasteiger partial charge in [-0.25, -0.2) is 0 Å². The summed E-state index contributed by atoms with van der Waals surface area (Å²) < 4.78 is 5.76. The van der Waals surface area contributed by atoms with Crippen molar-refractivity contribution in [3.63, 3.8) is 0 Å². The molecular formula is C22H17ClN2O2. The van der Waals surface area contributed by atoms with Crippen LogP contribution in [-0.2, 0) is 9.53 Å². The quantitative estimate of drug-likeness (QED) is 0.834. The number of nitrogens with zero attached hydrogens (tertiary/aromatic N) is 1. The number of carbonyl (C=O) groups is 1. The fourth-order valence-electron chi connectivity index (χ4n) is 3.91. The van der Waals surface area contributed by atoms with Crippen LogP contribution in [0.25, 0.3) is 0 Å². The number of nitrogens with two attached hydrogens (primary N) is 1. The van der Waals surface area contributed by atoms with E-state index in [-0.39, 0.29) is 23.2 Å². The number of hydrogen-bond acceptors (Lipinski definition) is 4. The highest BCUT2D eigenvalue weighted by atomic mass is 35.5. The molecule has 0 saturated carbocycles. The lowest BCUT2D eigenvalue weighted by Crippen LogP contribution is -2.29. The van der Waals surface area contributed by atoms with Crippen molar-refractivity contribution in [3.8, 4) is 6.07 Å². The molecule has 0 bridgehead atoms. The van der Waals surface area contributed by atoms with E-state index in [2.05, 4.69) is 6.07 Å². The first kappa shape index (κ1) is 17.4. The standard InChI is InChI=1S/C22H17ClN2O2/c23-17-9-5-4-8-15(17)14-10-18(26)21-19(11-14)27-22(25)16(12-24)20(21)13-6-2-1-3-7-13/h1-9,14,20H,10-11,25H2/t14-,20+/m0/s1. The van der Waals surface area contributed by atoms with Crippen molar-refractivity contribution in [2.24, 2.45) is 5.73 Å². The minimum atomic E-state index is -0.486. The Kier molecular flexibility index (Phi) is 4.47. The molecule has 1 aliphatic heterocycles. The molecule has 2 aromatic carbocycles. The monoisotopic (exact) mass is 376 g/mol. The van der Waals surface area contributed by atoms with Crippen molar-refractivity contribution in [1.82, 2.24) is 0 Å². The van der Waals surface area contributed by atoms with Crippen LogP contribution in [0.4, 0.5) is 0 Å². The highest BCUT2D eigenvalue weighted by Crippen LogP contribution is 2.47. The average molecular weight is 377 g/mol. The van der Waals surface area contributed by atoms with Gasteiger partial charge >= 0.3 is 0 Å². The average Bonchev–Trinajstić information content (AvgIpc) is 2.67. The number of Topliss-reactive ketones (excluding diaryl/α,β-unsaturated/α-hetero) is 1. The normalized spacial score (nSPS) is 22.1. The molecule has 2 N–H and O–H groups in total. The van der Waals surface area contributed by atoms with E-state index < -0.39 is 5.92 Å². The Morgan fingerprint density at radius 3 is 2.48 bits per heavy atom. The van der Waals surface area contributed by atoms with Crippen molar-refractivity contribution < 1.29 is 9.53 Å². The van der Waals surface area contributed by atoms with E-state index in [1.807, 2.05) is 54.6 Å². The molecular weight excluding hydrogens is 360 g/mol. The largest absolute Gasteiger partial charge is 0.444 e. The van der Waals surface area contributed by atoms with Gasteiger partial charge in [0.15, 0.2) is 5.78 Å². The van der Waals surface area contributed by atoms with Crippen LogP contribution in [-0.4, -0.2) is 5.78 Å². The van der Waals surface area contributed by atoms with E-state index in [4.69, 9.17) is 22.1 Å². The predicted molar refractivity (Wildman–Crippen MR) is 103 cm³/mol. The van der Waals surface area contributed by atoms with Crippen LogP contribution < -0.4 is 5.73 Å². The molecule has 0 amide bonds. The van der Waals surface area contributed by atoms with Crippen molar-refractivity contribution in [1.29, 1.82) is 5.26 Å². The van der Waals surface area contributed by atoms with Gasteiger partial charge < -0.3 is 10.5 Å². The molecule has 1 aliphatic carbocycles. The fraction of sp³-hybridized carbons (Fsp3) is 0.182. The maximum Gasteiger partial charge on any atom is 0.205 e. The summed E-state index contributed by atoms with van der Waals surface area (Å²) in [5, 5.41) is 10.3. The second-order valence-electron chi connectivity index (χ2n) is 6.72. The maximum absolute atomic E-state index is 13.1. The Bertz CT molecular complexity index is 1020. The van der Waals surface area contributed by atoms with Crippen LogP contribution >= 0.6 is 11.6 Å². The number of benzene rings is 2. The molecule has 0 aromatic heterocycles. The zero-order valence-electron chi connectivity index (χ0n) is 14.5. The Labute approximate surface area is 162 Å². The Balaban J connectivity index is 1.80. The van der Waals surface area contributed by atoms with E-state index in [1.165, 1.54) is 0 Å². The number of hydrogen-bond donors (Lipinski definition) is 1. The summed E-state index contributed by atoms with van der Waals surface area (Å²) in [5.41, 5.74) is 8.65. The van der Waals surface area contributed by atoms with Gasteiger partial charge in [-0.2, -0.15) is 5.26 Å². The Morgan fingerprint density at radius 2 is 1.78 bits per heavy atom. The van der Waals surface area contributed by atoms with Gasteiger partial charge in [-0.15, -0.1) is 0 Å². The van der Waals surface area contributed by atoms with Crippen LogP contribution in [0.2, 0.25) is 5.02 Å². The minimum absolute atomic E-state index is 0.0322. The molecule has 0 saturated heterocycles. The third-order valence-corrected chi connectivity index (χ3v) is 5.48. The lowest BCUT2D eigenvalue weighted by molar-refractivity contribution is -0.117. The molecule has 0 spiro atoms. The van der Waals surface area contributed by atoms with E-state index in [9.17, 15) is 10.1 Å². The zero-order chi connectivity index (χ0) is 19.0. The first-order valence-corrected chi connectivity index (χ1v) is 9.11. The van der Waals surface area contributed by atoms with Gasteiger partial charge in [0.05, 0.1) is 5.92 Å². The molecule has 0 fully saturated rings. The van der Waals surface area contributed by atoms with Gasteiger partial charge in [0.2, 0.25) is 5.88 Å². The molecule has 1 heterocycles. The molecule has 2 aromatic rings. The third-order valence-electron chi connectivity index (χ3n) is 5.14. The highest BCUT2D eigenvalue weighted by molar-refractivity contribution is 6.31. The number of ether oxygens (including phenoxy) is 1. The lowest BCUT2D eigenvalue weighted by Gasteiger charge is -2.34. The molecule has 4 nitrogen and oxygen atoms in total. The minimum Gasteiger partial charge on any atom is -0.444 e. The molecule has 0 radical (unpaired) electrons. The van der Waals surface area contributed by atoms with Gasteiger partial charge in [0.25, 0.3) is 0 Å². The summed E-state index contributed by atoms with van der Waals surface area (Å²) in [6, 6.07) is 19.1. The summed E-state index contributed by atoms with van der Waals surface area (Å²) in [4.78, 5) is 13.1. The van der Waals surface area contributed by atoms with Crippen LogP contribution in [0.1, 0.15) is 35.8 Å². The number of allylic oxidation sites excluding steroid dienone is 3. The molecule has 5 heteroatoms. The zero-order valence-corrected chi connectivity index (χ0v) is 15.2. The SMILES string of the molecule is N#CC1=C(N)OC2=C(C(=O)C[C@H](c3ccccc3Cl)C2)[C@@H]1c1ccccc1. The van der Waals surface area contributed by atoms with Gasteiger partial charge in [-0.1, -0.05) is 60.1 Å².